The van der Waals surface area contributed by atoms with E-state index >= 15 is 0 Å². The zero-order valence-corrected chi connectivity index (χ0v) is 12.0. The maximum absolute atomic E-state index is 11.3. The van der Waals surface area contributed by atoms with E-state index in [2.05, 4.69) is 9.97 Å². The van der Waals surface area contributed by atoms with E-state index in [0.29, 0.717) is 10.9 Å². The molecule has 16 heavy (non-hydrogen) atoms. The molecule has 5 nitrogen and oxygen atoms in total. The molecule has 0 bridgehead atoms. The summed E-state index contributed by atoms with van der Waals surface area (Å²) in [4.78, 5) is 19.2. The topological polar surface area (TPSA) is 72.3 Å². The Labute approximate surface area is 118 Å². The Balaban J connectivity index is 2.88. The molecule has 2 aromatic rings. The maximum atomic E-state index is 11.3. The van der Waals surface area contributed by atoms with E-state index in [4.69, 9.17) is 3.07 Å². The lowest BCUT2D eigenvalue weighted by molar-refractivity contribution is 0.109. The van der Waals surface area contributed by atoms with Gasteiger partial charge in [0.05, 0.1) is 5.39 Å². The molecule has 0 aliphatic heterocycles. The van der Waals surface area contributed by atoms with Gasteiger partial charge in [0.25, 0.3) is 0 Å². The summed E-state index contributed by atoms with van der Waals surface area (Å²) in [5.41, 5.74) is 0.266. The monoisotopic (exact) mass is 442 g/mol. The largest absolute Gasteiger partial charge is 0.504 e. The molecule has 0 aromatic carbocycles. The van der Waals surface area contributed by atoms with Gasteiger partial charge in [-0.3, -0.25) is 9.78 Å². The minimum Gasteiger partial charge on any atom is -0.504 e. The number of aromatic nitrogens is 2. The molecule has 0 aliphatic rings. The molecule has 0 fully saturated rings. The predicted molar refractivity (Wildman–Crippen MR) is 74.2 cm³/mol. The number of aromatic hydroxyl groups is 1. The average molecular weight is 442 g/mol. The second-order valence-electron chi connectivity index (χ2n) is 2.86. The van der Waals surface area contributed by atoms with Gasteiger partial charge in [0.2, 0.25) is 9.67 Å². The van der Waals surface area contributed by atoms with Crippen LogP contribution in [0.4, 0.5) is 0 Å². The van der Waals surface area contributed by atoms with Crippen molar-refractivity contribution >= 4 is 60.3 Å². The molecule has 0 spiro atoms. The second kappa shape index (κ2) is 4.65. The van der Waals surface area contributed by atoms with Crippen LogP contribution in [0, 0.1) is 0 Å². The van der Waals surface area contributed by atoms with Gasteiger partial charge in [-0.05, 0) is 12.1 Å². The Morgan fingerprint density at radius 1 is 1.50 bits per heavy atom. The number of fused-ring (bicyclic) bond motifs is 1. The van der Waals surface area contributed by atoms with Crippen molar-refractivity contribution in [2.45, 2.75) is 0 Å². The molecule has 0 saturated carbocycles. The van der Waals surface area contributed by atoms with Crippen molar-refractivity contribution in [1.82, 2.24) is 9.97 Å². The molecule has 7 heteroatoms. The quantitative estimate of drug-likeness (QED) is 0.573. The fraction of sp³-hybridized carbons (Fsp3) is 0. The number of hydrogen-bond acceptors (Lipinski definition) is 5. The number of carbonyl (C=O) groups is 1. The van der Waals surface area contributed by atoms with Crippen molar-refractivity contribution in [3.05, 3.63) is 24.0 Å². The van der Waals surface area contributed by atoms with E-state index in [9.17, 15) is 9.90 Å². The molecule has 1 N–H and O–H groups in total. The highest BCUT2D eigenvalue weighted by Crippen LogP contribution is 2.33. The van der Waals surface area contributed by atoms with E-state index < -0.39 is 0 Å². The van der Waals surface area contributed by atoms with Gasteiger partial charge >= 0.3 is 0 Å². The predicted octanol–water partition coefficient (Wildman–Crippen LogP) is 2.64. The molecule has 0 unspecified atom stereocenters. The minimum absolute atomic E-state index is 0.0431. The van der Waals surface area contributed by atoms with Crippen LogP contribution in [0.25, 0.3) is 10.9 Å². The van der Waals surface area contributed by atoms with Crippen LogP contribution in [0.15, 0.2) is 18.3 Å². The number of pyridine rings is 2. The molecule has 2 heterocycles. The van der Waals surface area contributed by atoms with Gasteiger partial charge < -0.3 is 8.17 Å². The Morgan fingerprint density at radius 2 is 2.25 bits per heavy atom. The van der Waals surface area contributed by atoms with E-state index in [1.165, 1.54) is 6.20 Å². The second-order valence-corrected chi connectivity index (χ2v) is 4.28. The fourth-order valence-corrected chi connectivity index (χ4v) is 2.00. The van der Waals surface area contributed by atoms with Crippen molar-refractivity contribution in [2.24, 2.45) is 0 Å². The van der Waals surface area contributed by atoms with Crippen LogP contribution in [-0.4, -0.2) is 18.9 Å². The summed E-state index contributed by atoms with van der Waals surface area (Å²) in [5, 5.41) is 10.4. The van der Waals surface area contributed by atoms with Gasteiger partial charge in [0, 0.05) is 28.8 Å². The summed E-state index contributed by atoms with van der Waals surface area (Å²) in [7, 11) is 0. The first kappa shape index (κ1) is 11.8. The molecule has 0 amide bonds. The lowest BCUT2D eigenvalue weighted by atomic mass is 10.2. The lowest BCUT2D eigenvalue weighted by Crippen LogP contribution is -1.98. The zero-order chi connectivity index (χ0) is 11.7. The Hall–Kier alpha value is -0.710. The Kier molecular flexibility index (Phi) is 3.42. The van der Waals surface area contributed by atoms with E-state index in [1.54, 1.807) is 57.7 Å². The first-order valence-electron chi connectivity index (χ1n) is 4.11. The van der Waals surface area contributed by atoms with Crippen LogP contribution in [0.3, 0.4) is 0 Å². The van der Waals surface area contributed by atoms with Gasteiger partial charge in [-0.25, -0.2) is 4.98 Å². The van der Waals surface area contributed by atoms with Crippen molar-refractivity contribution in [1.29, 1.82) is 0 Å². The summed E-state index contributed by atoms with van der Waals surface area (Å²) in [6, 6.07) is 3.42. The van der Waals surface area contributed by atoms with Gasteiger partial charge in [0.15, 0.2) is 34.4 Å². The minimum atomic E-state index is -0.364. The average Bonchev–Trinajstić information content (AvgIpc) is 2.29. The number of rotatable bonds is 2. The summed E-state index contributed by atoms with van der Waals surface area (Å²) >= 11 is 3.22. The smallest absolute Gasteiger partial charge is 0.244 e. The third kappa shape index (κ3) is 1.93. The van der Waals surface area contributed by atoms with E-state index in [-0.39, 0.29) is 21.1 Å². The highest BCUT2D eigenvalue weighted by molar-refractivity contribution is 14.1. The van der Waals surface area contributed by atoms with Gasteiger partial charge in [0.1, 0.15) is 5.52 Å². The molecular formula is C9H4I2N2O3. The highest BCUT2D eigenvalue weighted by Gasteiger charge is 2.18. The van der Waals surface area contributed by atoms with Crippen LogP contribution in [0.5, 0.6) is 11.6 Å². The summed E-state index contributed by atoms with van der Waals surface area (Å²) in [6.07, 6.45) is 1.53. The summed E-state index contributed by atoms with van der Waals surface area (Å²) < 4.78 is 4.66. The van der Waals surface area contributed by atoms with Crippen LogP contribution in [0.2, 0.25) is 0 Å². The molecule has 0 aliphatic carbocycles. The molecule has 2 aromatic heterocycles. The molecule has 2 rings (SSSR count). The number of halogens is 2. The van der Waals surface area contributed by atoms with Crippen molar-refractivity contribution in [3.8, 4) is 11.6 Å². The van der Waals surface area contributed by atoms with E-state index in [1.807, 2.05) is 0 Å². The van der Waals surface area contributed by atoms with Gasteiger partial charge in [-0.1, -0.05) is 0 Å². The zero-order valence-electron chi connectivity index (χ0n) is 7.65. The standard InChI is InChI=1S/C9H4I2N2O3/c10-8(15)6-7(14)5-4(2-1-3-12-5)9(13-6)16-11/h1-3,14H. The van der Waals surface area contributed by atoms with Gasteiger partial charge in [-0.15, -0.1) is 0 Å². The van der Waals surface area contributed by atoms with E-state index in [0.717, 1.165) is 0 Å². The highest BCUT2D eigenvalue weighted by atomic mass is 127. The first-order chi connectivity index (χ1) is 7.65. The molecule has 0 radical (unpaired) electrons. The Morgan fingerprint density at radius 3 is 2.88 bits per heavy atom. The SMILES string of the molecule is O=C(I)c1nc(OI)c2cccnc2c1O. The van der Waals surface area contributed by atoms with Crippen molar-refractivity contribution < 1.29 is 13.0 Å². The van der Waals surface area contributed by atoms with Crippen LogP contribution in [-0.2, 0) is 0 Å². The summed E-state index contributed by atoms with van der Waals surface area (Å²) in [5.74, 6) is 0.0497. The van der Waals surface area contributed by atoms with Crippen LogP contribution < -0.4 is 3.07 Å². The normalized spacial score (nSPS) is 10.4. The van der Waals surface area contributed by atoms with Crippen molar-refractivity contribution in [2.75, 3.05) is 0 Å². The molecule has 82 valence electrons. The molecular weight excluding hydrogens is 438 g/mol. The number of hydrogen-bond donors (Lipinski definition) is 1. The third-order valence-electron chi connectivity index (χ3n) is 1.96. The Bertz CT molecular complexity index is 574. The number of carbonyl (C=O) groups excluding carboxylic acids is 1. The molecule has 0 saturated heterocycles. The van der Waals surface area contributed by atoms with Crippen molar-refractivity contribution in [3.63, 3.8) is 0 Å². The maximum Gasteiger partial charge on any atom is 0.244 e. The number of nitrogens with zero attached hydrogens (tertiary/aromatic N) is 2. The van der Waals surface area contributed by atoms with Crippen LogP contribution in [0.1, 0.15) is 10.5 Å². The third-order valence-corrected chi connectivity index (χ3v) is 2.89. The lowest BCUT2D eigenvalue weighted by Gasteiger charge is -2.06. The van der Waals surface area contributed by atoms with Gasteiger partial charge in [-0.2, -0.15) is 0 Å². The molecule has 0 atom stereocenters. The summed E-state index contributed by atoms with van der Waals surface area (Å²) in [6.45, 7) is 0. The first-order valence-corrected chi connectivity index (χ1v) is 6.07. The fourth-order valence-electron chi connectivity index (χ4n) is 1.29. The van der Waals surface area contributed by atoms with Crippen LogP contribution >= 0.6 is 45.6 Å².